The van der Waals surface area contributed by atoms with Crippen molar-refractivity contribution in [1.29, 1.82) is 0 Å². The molecule has 18 heavy (non-hydrogen) atoms. The van der Waals surface area contributed by atoms with E-state index in [1.54, 1.807) is 26.4 Å². The van der Waals surface area contributed by atoms with E-state index in [0.717, 1.165) is 12.0 Å². The van der Waals surface area contributed by atoms with Gasteiger partial charge in [0.15, 0.2) is 6.29 Å². The Bertz CT molecular complexity index is 338. The first-order chi connectivity index (χ1) is 8.62. The molecule has 102 valence electrons. The molecule has 2 atom stereocenters. The highest BCUT2D eigenvalue weighted by molar-refractivity contribution is 5.19. The van der Waals surface area contributed by atoms with Gasteiger partial charge in [-0.05, 0) is 31.0 Å². The third-order valence-corrected chi connectivity index (χ3v) is 3.02. The lowest BCUT2D eigenvalue weighted by Gasteiger charge is -2.27. The number of methoxy groups -OCH3 is 2. The van der Waals surface area contributed by atoms with Gasteiger partial charge < -0.3 is 14.8 Å². The highest BCUT2D eigenvalue weighted by Crippen LogP contribution is 2.18. The van der Waals surface area contributed by atoms with Crippen molar-refractivity contribution in [2.24, 2.45) is 0 Å². The van der Waals surface area contributed by atoms with E-state index in [1.807, 2.05) is 6.92 Å². The summed E-state index contributed by atoms with van der Waals surface area (Å²) in [6, 6.07) is 6.78. The van der Waals surface area contributed by atoms with Crippen molar-refractivity contribution < 1.29 is 13.9 Å². The number of nitrogens with one attached hydrogen (secondary N) is 1. The van der Waals surface area contributed by atoms with Gasteiger partial charge in [-0.2, -0.15) is 0 Å². The molecule has 1 aromatic rings. The van der Waals surface area contributed by atoms with Crippen LogP contribution in [0.3, 0.4) is 0 Å². The van der Waals surface area contributed by atoms with Crippen molar-refractivity contribution >= 4 is 0 Å². The molecule has 0 heterocycles. The summed E-state index contributed by atoms with van der Waals surface area (Å²) < 4.78 is 23.3. The van der Waals surface area contributed by atoms with Gasteiger partial charge in [0.1, 0.15) is 5.82 Å². The third-order valence-electron chi connectivity index (χ3n) is 3.02. The van der Waals surface area contributed by atoms with Crippen molar-refractivity contribution in [1.82, 2.24) is 5.32 Å². The number of benzene rings is 1. The van der Waals surface area contributed by atoms with Gasteiger partial charge in [-0.25, -0.2) is 4.39 Å². The second kappa shape index (κ2) is 7.46. The Labute approximate surface area is 108 Å². The summed E-state index contributed by atoms with van der Waals surface area (Å²) in [5.74, 6) is -0.215. The van der Waals surface area contributed by atoms with Crippen LogP contribution in [0.4, 0.5) is 4.39 Å². The molecule has 0 saturated carbocycles. The summed E-state index contributed by atoms with van der Waals surface area (Å²) in [6.45, 7) is 4.09. The van der Waals surface area contributed by atoms with Gasteiger partial charge in [-0.1, -0.05) is 19.1 Å². The Morgan fingerprint density at radius 1 is 1.17 bits per heavy atom. The zero-order valence-corrected chi connectivity index (χ0v) is 11.4. The van der Waals surface area contributed by atoms with Crippen LogP contribution >= 0.6 is 0 Å². The SMILES string of the molecule is CCC(NC(C)C(OC)OC)c1ccc(F)cc1. The Balaban J connectivity index is 2.69. The number of hydrogen-bond acceptors (Lipinski definition) is 3. The molecule has 2 unspecified atom stereocenters. The van der Waals surface area contributed by atoms with Crippen molar-refractivity contribution in [3.05, 3.63) is 35.6 Å². The topological polar surface area (TPSA) is 30.5 Å². The second-order valence-corrected chi connectivity index (χ2v) is 4.31. The summed E-state index contributed by atoms with van der Waals surface area (Å²) in [5.41, 5.74) is 1.07. The molecular weight excluding hydrogens is 233 g/mol. The molecule has 4 heteroatoms. The zero-order valence-electron chi connectivity index (χ0n) is 11.4. The lowest BCUT2D eigenvalue weighted by atomic mass is 10.0. The maximum absolute atomic E-state index is 12.9. The number of hydrogen-bond donors (Lipinski definition) is 1. The van der Waals surface area contributed by atoms with E-state index in [-0.39, 0.29) is 24.2 Å². The fraction of sp³-hybridized carbons (Fsp3) is 0.571. The van der Waals surface area contributed by atoms with Crippen LogP contribution in [-0.4, -0.2) is 26.6 Å². The molecule has 1 rings (SSSR count). The standard InChI is InChI=1S/C14H22FNO2/c1-5-13(11-6-8-12(15)9-7-11)16-10(2)14(17-3)18-4/h6-10,13-14,16H,5H2,1-4H3. The van der Waals surface area contributed by atoms with Crippen LogP contribution in [0.15, 0.2) is 24.3 Å². The summed E-state index contributed by atoms with van der Waals surface area (Å²) in [4.78, 5) is 0. The smallest absolute Gasteiger partial charge is 0.171 e. The normalized spacial score (nSPS) is 14.8. The van der Waals surface area contributed by atoms with Gasteiger partial charge in [0.25, 0.3) is 0 Å². The maximum Gasteiger partial charge on any atom is 0.171 e. The lowest BCUT2D eigenvalue weighted by Crippen LogP contribution is -2.41. The molecule has 0 amide bonds. The molecule has 0 saturated heterocycles. The van der Waals surface area contributed by atoms with E-state index in [9.17, 15) is 4.39 Å². The first kappa shape index (κ1) is 15.1. The van der Waals surface area contributed by atoms with Crippen LogP contribution in [0.25, 0.3) is 0 Å². The van der Waals surface area contributed by atoms with Crippen LogP contribution in [0.1, 0.15) is 31.9 Å². The summed E-state index contributed by atoms with van der Waals surface area (Å²) in [5, 5.41) is 3.43. The fourth-order valence-electron chi connectivity index (χ4n) is 2.05. The van der Waals surface area contributed by atoms with Crippen molar-refractivity contribution in [2.45, 2.75) is 38.6 Å². The summed E-state index contributed by atoms with van der Waals surface area (Å²) in [7, 11) is 3.23. The van der Waals surface area contributed by atoms with Crippen LogP contribution in [0.5, 0.6) is 0 Å². The van der Waals surface area contributed by atoms with E-state index < -0.39 is 0 Å². The highest BCUT2D eigenvalue weighted by atomic mass is 19.1. The van der Waals surface area contributed by atoms with Crippen LogP contribution in [-0.2, 0) is 9.47 Å². The zero-order chi connectivity index (χ0) is 13.5. The van der Waals surface area contributed by atoms with Crippen molar-refractivity contribution in [3.8, 4) is 0 Å². The fourth-order valence-corrected chi connectivity index (χ4v) is 2.05. The Hall–Kier alpha value is -0.970. The highest BCUT2D eigenvalue weighted by Gasteiger charge is 2.19. The third kappa shape index (κ3) is 4.05. The van der Waals surface area contributed by atoms with Crippen LogP contribution in [0, 0.1) is 5.82 Å². The van der Waals surface area contributed by atoms with Crippen molar-refractivity contribution in [2.75, 3.05) is 14.2 Å². The molecule has 3 nitrogen and oxygen atoms in total. The van der Waals surface area contributed by atoms with Crippen LogP contribution in [0.2, 0.25) is 0 Å². The molecule has 0 aromatic heterocycles. The first-order valence-electron chi connectivity index (χ1n) is 6.19. The molecule has 0 aliphatic heterocycles. The molecular formula is C14H22FNO2. The average Bonchev–Trinajstić information content (AvgIpc) is 2.38. The molecule has 0 aliphatic carbocycles. The average molecular weight is 255 g/mol. The second-order valence-electron chi connectivity index (χ2n) is 4.31. The number of halogens is 1. The van der Waals surface area contributed by atoms with E-state index in [2.05, 4.69) is 12.2 Å². The van der Waals surface area contributed by atoms with E-state index in [1.165, 1.54) is 12.1 Å². The molecule has 1 aromatic carbocycles. The molecule has 0 radical (unpaired) electrons. The minimum atomic E-state index is -0.292. The number of ether oxygens (including phenoxy) is 2. The maximum atomic E-state index is 12.9. The predicted octanol–water partition coefficient (Wildman–Crippen LogP) is 2.87. The van der Waals surface area contributed by atoms with Gasteiger partial charge in [0, 0.05) is 20.3 Å². The van der Waals surface area contributed by atoms with E-state index >= 15 is 0 Å². The van der Waals surface area contributed by atoms with Crippen molar-refractivity contribution in [3.63, 3.8) is 0 Å². The Kier molecular flexibility index (Phi) is 6.25. The molecule has 0 spiro atoms. The van der Waals surface area contributed by atoms with Gasteiger partial charge in [-0.3, -0.25) is 0 Å². The van der Waals surface area contributed by atoms with Gasteiger partial charge in [0.05, 0.1) is 6.04 Å². The van der Waals surface area contributed by atoms with Gasteiger partial charge in [0.2, 0.25) is 0 Å². The quantitative estimate of drug-likeness (QED) is 0.760. The van der Waals surface area contributed by atoms with E-state index in [4.69, 9.17) is 9.47 Å². The van der Waals surface area contributed by atoms with Crippen LogP contribution < -0.4 is 5.32 Å². The molecule has 1 N–H and O–H groups in total. The monoisotopic (exact) mass is 255 g/mol. The molecule has 0 aliphatic rings. The Morgan fingerprint density at radius 3 is 2.17 bits per heavy atom. The first-order valence-corrected chi connectivity index (χ1v) is 6.19. The van der Waals surface area contributed by atoms with Gasteiger partial charge in [-0.15, -0.1) is 0 Å². The minimum Gasteiger partial charge on any atom is -0.354 e. The minimum absolute atomic E-state index is 0.0509. The van der Waals surface area contributed by atoms with Gasteiger partial charge >= 0.3 is 0 Å². The Morgan fingerprint density at radius 2 is 1.72 bits per heavy atom. The predicted molar refractivity (Wildman–Crippen MR) is 69.8 cm³/mol. The summed E-state index contributed by atoms with van der Waals surface area (Å²) in [6.07, 6.45) is 0.621. The summed E-state index contributed by atoms with van der Waals surface area (Å²) >= 11 is 0. The number of rotatable bonds is 7. The molecule has 0 bridgehead atoms. The largest absolute Gasteiger partial charge is 0.354 e. The molecule has 0 fully saturated rings. The lowest BCUT2D eigenvalue weighted by molar-refractivity contribution is -0.121. The van der Waals surface area contributed by atoms with E-state index in [0.29, 0.717) is 0 Å².